The fourth-order valence-corrected chi connectivity index (χ4v) is 2.15. The van der Waals surface area contributed by atoms with Crippen LogP contribution in [0.3, 0.4) is 0 Å². The van der Waals surface area contributed by atoms with Crippen molar-refractivity contribution in [3.63, 3.8) is 0 Å². The van der Waals surface area contributed by atoms with Crippen LogP contribution in [0.1, 0.15) is 31.4 Å². The normalized spacial score (nSPS) is 15.0. The summed E-state index contributed by atoms with van der Waals surface area (Å²) in [5, 5.41) is 10.8. The molecular weight excluding hydrogens is 233 g/mol. The zero-order chi connectivity index (χ0) is 11.4. The molecule has 15 heavy (non-hydrogen) atoms. The van der Waals surface area contributed by atoms with Gasteiger partial charge < -0.3 is 10.8 Å². The van der Waals surface area contributed by atoms with Crippen LogP contribution < -0.4 is 5.73 Å². The van der Waals surface area contributed by atoms with Gasteiger partial charge in [-0.2, -0.15) is 0 Å². The maximum absolute atomic E-state index is 9.78. The van der Waals surface area contributed by atoms with Crippen LogP contribution in [0.2, 0.25) is 10.0 Å². The van der Waals surface area contributed by atoms with Gasteiger partial charge in [0.15, 0.2) is 0 Å². The minimum absolute atomic E-state index is 0.505. The van der Waals surface area contributed by atoms with Crippen LogP contribution >= 0.6 is 23.2 Å². The summed E-state index contributed by atoms with van der Waals surface area (Å²) in [4.78, 5) is 0. The lowest BCUT2D eigenvalue weighted by Gasteiger charge is -2.20. The third kappa shape index (κ3) is 3.08. The van der Waals surface area contributed by atoms with Crippen molar-refractivity contribution in [2.45, 2.75) is 31.9 Å². The molecule has 0 aliphatic rings. The highest BCUT2D eigenvalue weighted by Crippen LogP contribution is 2.31. The van der Waals surface area contributed by atoms with Gasteiger partial charge in [-0.1, -0.05) is 42.6 Å². The summed E-state index contributed by atoms with van der Waals surface area (Å²) in [6.45, 7) is 1.99. The predicted molar refractivity (Wildman–Crippen MR) is 64.3 cm³/mol. The van der Waals surface area contributed by atoms with Crippen molar-refractivity contribution < 1.29 is 5.11 Å². The van der Waals surface area contributed by atoms with E-state index in [4.69, 9.17) is 28.9 Å². The molecule has 0 saturated heterocycles. The first-order valence-electron chi connectivity index (χ1n) is 4.95. The summed E-state index contributed by atoms with van der Waals surface area (Å²) in [7, 11) is 0. The highest BCUT2D eigenvalue weighted by molar-refractivity contribution is 6.36. The van der Waals surface area contributed by atoms with E-state index >= 15 is 0 Å². The maximum atomic E-state index is 9.78. The average Bonchev–Trinajstić information content (AvgIpc) is 2.17. The lowest BCUT2D eigenvalue weighted by atomic mass is 9.99. The van der Waals surface area contributed by atoms with E-state index in [0.717, 1.165) is 6.42 Å². The molecule has 1 aromatic rings. The van der Waals surface area contributed by atoms with Gasteiger partial charge in [-0.25, -0.2) is 0 Å². The molecule has 0 heterocycles. The molecule has 84 valence electrons. The number of aliphatic hydroxyl groups excluding tert-OH is 1. The van der Waals surface area contributed by atoms with Gasteiger partial charge in [0.1, 0.15) is 0 Å². The first kappa shape index (κ1) is 12.8. The molecule has 0 unspecified atom stereocenters. The maximum Gasteiger partial charge on any atom is 0.0733 e. The van der Waals surface area contributed by atoms with Gasteiger partial charge in [-0.3, -0.25) is 0 Å². The summed E-state index contributed by atoms with van der Waals surface area (Å²) in [6, 6.07) is 4.68. The smallest absolute Gasteiger partial charge is 0.0733 e. The molecule has 0 saturated carbocycles. The number of rotatable bonds is 4. The number of aliphatic hydroxyl groups is 1. The summed E-state index contributed by atoms with van der Waals surface area (Å²) in [5.41, 5.74) is 6.53. The van der Waals surface area contributed by atoms with Gasteiger partial charge in [0.25, 0.3) is 0 Å². The van der Waals surface area contributed by atoms with Crippen LogP contribution in [0.25, 0.3) is 0 Å². The number of hydrogen-bond donors (Lipinski definition) is 2. The monoisotopic (exact) mass is 247 g/mol. The minimum atomic E-state index is -0.604. The Morgan fingerprint density at radius 2 is 1.87 bits per heavy atom. The number of halogens is 2. The molecule has 0 bridgehead atoms. The predicted octanol–water partition coefficient (Wildman–Crippen LogP) is 3.15. The molecule has 1 rings (SSSR count). The Morgan fingerprint density at radius 1 is 1.33 bits per heavy atom. The SMILES string of the molecule is CCC[C@@H](O)[C@@H](N)c1c(Cl)cccc1Cl. The van der Waals surface area contributed by atoms with Gasteiger partial charge in [-0.15, -0.1) is 0 Å². The standard InChI is InChI=1S/C11H15Cl2NO/c1-2-4-9(15)11(14)10-7(12)5-3-6-8(10)13/h3,5-6,9,11,15H,2,4,14H2,1H3/t9-,11-/m1/s1. The van der Waals surface area contributed by atoms with E-state index < -0.39 is 12.1 Å². The summed E-state index contributed by atoms with van der Waals surface area (Å²) >= 11 is 12.0. The molecule has 2 atom stereocenters. The van der Waals surface area contributed by atoms with Crippen LogP contribution in [0, 0.1) is 0 Å². The van der Waals surface area contributed by atoms with E-state index in [1.54, 1.807) is 18.2 Å². The third-order valence-electron chi connectivity index (χ3n) is 2.33. The van der Waals surface area contributed by atoms with Crippen molar-refractivity contribution in [2.24, 2.45) is 5.73 Å². The summed E-state index contributed by atoms with van der Waals surface area (Å²) in [6.07, 6.45) is 0.909. The second-order valence-corrected chi connectivity index (χ2v) is 4.33. The Morgan fingerprint density at radius 3 is 2.33 bits per heavy atom. The Balaban J connectivity index is 2.94. The molecule has 0 aliphatic carbocycles. The van der Waals surface area contributed by atoms with Crippen LogP contribution in [0.5, 0.6) is 0 Å². The lowest BCUT2D eigenvalue weighted by Crippen LogP contribution is -2.26. The Kier molecular flexibility index (Phi) is 4.87. The number of benzene rings is 1. The van der Waals surface area contributed by atoms with E-state index in [9.17, 15) is 5.11 Å². The van der Waals surface area contributed by atoms with Crippen molar-refractivity contribution in [2.75, 3.05) is 0 Å². The third-order valence-corrected chi connectivity index (χ3v) is 2.99. The molecule has 0 fully saturated rings. The van der Waals surface area contributed by atoms with Gasteiger partial charge in [-0.05, 0) is 18.6 Å². The minimum Gasteiger partial charge on any atom is -0.391 e. The first-order chi connectivity index (χ1) is 7.07. The molecule has 0 aromatic heterocycles. The van der Waals surface area contributed by atoms with Gasteiger partial charge in [0.05, 0.1) is 12.1 Å². The zero-order valence-corrected chi connectivity index (χ0v) is 10.1. The molecular formula is C11H15Cl2NO. The quantitative estimate of drug-likeness (QED) is 0.859. The largest absolute Gasteiger partial charge is 0.391 e. The second kappa shape index (κ2) is 5.71. The fraction of sp³-hybridized carbons (Fsp3) is 0.455. The van der Waals surface area contributed by atoms with Crippen molar-refractivity contribution in [3.05, 3.63) is 33.8 Å². The van der Waals surface area contributed by atoms with Crippen molar-refractivity contribution in [1.29, 1.82) is 0 Å². The zero-order valence-electron chi connectivity index (χ0n) is 8.58. The van der Waals surface area contributed by atoms with Crippen LogP contribution in [0.15, 0.2) is 18.2 Å². The van der Waals surface area contributed by atoms with Gasteiger partial charge in [0.2, 0.25) is 0 Å². The molecule has 0 aliphatic heterocycles. The highest BCUT2D eigenvalue weighted by atomic mass is 35.5. The van der Waals surface area contributed by atoms with E-state index in [-0.39, 0.29) is 0 Å². The molecule has 0 spiro atoms. The molecule has 4 heteroatoms. The van der Waals surface area contributed by atoms with Crippen LogP contribution in [0.4, 0.5) is 0 Å². The van der Waals surface area contributed by atoms with Crippen molar-refractivity contribution in [1.82, 2.24) is 0 Å². The van der Waals surface area contributed by atoms with E-state index in [0.29, 0.717) is 22.0 Å². The molecule has 1 aromatic carbocycles. The van der Waals surface area contributed by atoms with Crippen molar-refractivity contribution >= 4 is 23.2 Å². The summed E-state index contributed by atoms with van der Waals surface area (Å²) in [5.74, 6) is 0. The topological polar surface area (TPSA) is 46.2 Å². The van der Waals surface area contributed by atoms with Crippen molar-refractivity contribution in [3.8, 4) is 0 Å². The van der Waals surface area contributed by atoms with E-state index in [1.165, 1.54) is 0 Å². The Hall–Kier alpha value is -0.280. The second-order valence-electron chi connectivity index (χ2n) is 3.52. The van der Waals surface area contributed by atoms with Crippen LogP contribution in [-0.2, 0) is 0 Å². The lowest BCUT2D eigenvalue weighted by molar-refractivity contribution is 0.134. The Labute approximate surface area is 100.0 Å². The molecule has 2 nitrogen and oxygen atoms in total. The number of nitrogens with two attached hydrogens (primary N) is 1. The molecule has 0 amide bonds. The molecule has 3 N–H and O–H groups in total. The van der Waals surface area contributed by atoms with E-state index in [1.807, 2.05) is 6.92 Å². The van der Waals surface area contributed by atoms with Gasteiger partial charge in [0, 0.05) is 15.6 Å². The highest BCUT2D eigenvalue weighted by Gasteiger charge is 2.20. The summed E-state index contributed by atoms with van der Waals surface area (Å²) < 4.78 is 0. The Bertz CT molecular complexity index is 310. The van der Waals surface area contributed by atoms with Gasteiger partial charge >= 0.3 is 0 Å². The average molecular weight is 248 g/mol. The fourth-order valence-electron chi connectivity index (χ4n) is 1.50. The first-order valence-corrected chi connectivity index (χ1v) is 5.71. The molecule has 0 radical (unpaired) electrons. The number of hydrogen-bond acceptors (Lipinski definition) is 2. The van der Waals surface area contributed by atoms with E-state index in [2.05, 4.69) is 0 Å². The van der Waals surface area contributed by atoms with Crippen LogP contribution in [-0.4, -0.2) is 11.2 Å².